The number of aliphatic hydroxyl groups is 1. The molecule has 0 bridgehead atoms. The lowest BCUT2D eigenvalue weighted by molar-refractivity contribution is -0.0253. The highest BCUT2D eigenvalue weighted by atomic mass is 16.5. The van der Waals surface area contributed by atoms with Gasteiger partial charge in [-0.2, -0.15) is 0 Å². The van der Waals surface area contributed by atoms with E-state index in [0.29, 0.717) is 19.8 Å². The van der Waals surface area contributed by atoms with E-state index >= 15 is 0 Å². The number of ether oxygens (including phenoxy) is 2. The largest absolute Gasteiger partial charge is 0.396 e. The topological polar surface area (TPSA) is 38.7 Å². The highest BCUT2D eigenvalue weighted by Gasteiger charge is 2.23. The van der Waals surface area contributed by atoms with Crippen molar-refractivity contribution in [3.63, 3.8) is 0 Å². The van der Waals surface area contributed by atoms with Crippen molar-refractivity contribution in [2.75, 3.05) is 33.5 Å². The smallest absolute Gasteiger partial charge is 0.0563 e. The second-order valence-electron chi connectivity index (χ2n) is 3.04. The van der Waals surface area contributed by atoms with Gasteiger partial charge in [0, 0.05) is 19.1 Å². The molecule has 1 N–H and O–H groups in total. The van der Waals surface area contributed by atoms with Gasteiger partial charge in [-0.1, -0.05) is 6.92 Å². The van der Waals surface area contributed by atoms with Crippen LogP contribution in [-0.2, 0) is 9.47 Å². The van der Waals surface area contributed by atoms with Crippen molar-refractivity contribution < 1.29 is 14.6 Å². The lowest BCUT2D eigenvalue weighted by atomic mass is 9.94. The van der Waals surface area contributed by atoms with Gasteiger partial charge in [-0.05, 0) is 6.92 Å². The summed E-state index contributed by atoms with van der Waals surface area (Å²) in [5, 5.41) is 8.98. The first-order valence-corrected chi connectivity index (χ1v) is 3.86. The first-order valence-electron chi connectivity index (χ1n) is 3.86. The zero-order valence-electron chi connectivity index (χ0n) is 7.59. The maximum atomic E-state index is 8.98. The minimum Gasteiger partial charge on any atom is -0.396 e. The SMILES string of the molecule is CCOCC(C)(CO)COC. The molecule has 0 fully saturated rings. The normalized spacial score (nSPS) is 16.4. The Morgan fingerprint density at radius 2 is 2.00 bits per heavy atom. The molecule has 0 aliphatic heterocycles. The van der Waals surface area contributed by atoms with E-state index < -0.39 is 0 Å². The Morgan fingerprint density at radius 1 is 1.36 bits per heavy atom. The van der Waals surface area contributed by atoms with Crippen molar-refractivity contribution in [2.45, 2.75) is 13.8 Å². The third-order valence-electron chi connectivity index (χ3n) is 1.53. The Hall–Kier alpha value is -0.120. The van der Waals surface area contributed by atoms with Crippen LogP contribution in [0.1, 0.15) is 13.8 Å². The summed E-state index contributed by atoms with van der Waals surface area (Å²) in [4.78, 5) is 0. The molecule has 1 unspecified atom stereocenters. The van der Waals surface area contributed by atoms with Crippen LogP contribution in [0.4, 0.5) is 0 Å². The van der Waals surface area contributed by atoms with Crippen LogP contribution in [0.2, 0.25) is 0 Å². The molecule has 68 valence electrons. The van der Waals surface area contributed by atoms with Gasteiger partial charge in [0.2, 0.25) is 0 Å². The van der Waals surface area contributed by atoms with E-state index in [1.807, 2.05) is 13.8 Å². The second kappa shape index (κ2) is 5.52. The summed E-state index contributed by atoms with van der Waals surface area (Å²) in [6.07, 6.45) is 0. The molecule has 0 heterocycles. The van der Waals surface area contributed by atoms with Crippen LogP contribution in [0.15, 0.2) is 0 Å². The Balaban J connectivity index is 3.68. The summed E-state index contributed by atoms with van der Waals surface area (Å²) in [6, 6.07) is 0. The van der Waals surface area contributed by atoms with E-state index in [0.717, 1.165) is 0 Å². The molecule has 0 saturated heterocycles. The van der Waals surface area contributed by atoms with Crippen LogP contribution >= 0.6 is 0 Å². The summed E-state index contributed by atoms with van der Waals surface area (Å²) in [7, 11) is 1.62. The highest BCUT2D eigenvalue weighted by Crippen LogP contribution is 2.15. The minimum absolute atomic E-state index is 0.0981. The molecule has 0 radical (unpaired) electrons. The van der Waals surface area contributed by atoms with E-state index in [4.69, 9.17) is 14.6 Å². The average Bonchev–Trinajstić information content (AvgIpc) is 2.02. The Bertz CT molecular complexity index is 95.3. The quantitative estimate of drug-likeness (QED) is 0.624. The van der Waals surface area contributed by atoms with Gasteiger partial charge in [-0.15, -0.1) is 0 Å². The Morgan fingerprint density at radius 3 is 2.36 bits per heavy atom. The molecule has 3 heteroatoms. The van der Waals surface area contributed by atoms with Gasteiger partial charge >= 0.3 is 0 Å². The van der Waals surface area contributed by atoms with Crippen LogP contribution in [0.3, 0.4) is 0 Å². The van der Waals surface area contributed by atoms with Crippen molar-refractivity contribution in [2.24, 2.45) is 5.41 Å². The number of hydrogen-bond donors (Lipinski definition) is 1. The monoisotopic (exact) mass is 162 g/mol. The number of rotatable bonds is 6. The van der Waals surface area contributed by atoms with Gasteiger partial charge in [0.05, 0.1) is 19.8 Å². The van der Waals surface area contributed by atoms with Crippen LogP contribution < -0.4 is 0 Å². The molecule has 0 rings (SSSR count). The summed E-state index contributed by atoms with van der Waals surface area (Å²) in [5.41, 5.74) is -0.245. The van der Waals surface area contributed by atoms with Gasteiger partial charge in [0.25, 0.3) is 0 Å². The first-order chi connectivity index (χ1) is 5.18. The van der Waals surface area contributed by atoms with Crippen molar-refractivity contribution in [3.8, 4) is 0 Å². The lowest BCUT2D eigenvalue weighted by Gasteiger charge is -2.25. The van der Waals surface area contributed by atoms with E-state index in [2.05, 4.69) is 0 Å². The molecule has 0 aromatic heterocycles. The van der Waals surface area contributed by atoms with Crippen molar-refractivity contribution in [1.29, 1.82) is 0 Å². The molecule has 3 nitrogen and oxygen atoms in total. The van der Waals surface area contributed by atoms with Crippen LogP contribution in [0, 0.1) is 5.41 Å². The lowest BCUT2D eigenvalue weighted by Crippen LogP contribution is -2.32. The number of methoxy groups -OCH3 is 1. The minimum atomic E-state index is -0.245. The predicted molar refractivity (Wildman–Crippen MR) is 43.6 cm³/mol. The van der Waals surface area contributed by atoms with E-state index in [1.54, 1.807) is 7.11 Å². The molecule has 0 aromatic rings. The summed E-state index contributed by atoms with van der Waals surface area (Å²) in [6.45, 7) is 5.73. The second-order valence-corrected chi connectivity index (χ2v) is 3.04. The molecule has 0 aliphatic carbocycles. The van der Waals surface area contributed by atoms with E-state index in [-0.39, 0.29) is 12.0 Å². The fraction of sp³-hybridized carbons (Fsp3) is 1.00. The molecule has 0 spiro atoms. The Kier molecular flexibility index (Phi) is 5.46. The first kappa shape index (κ1) is 10.9. The molecular formula is C8H18O3. The summed E-state index contributed by atoms with van der Waals surface area (Å²) >= 11 is 0. The van der Waals surface area contributed by atoms with E-state index in [9.17, 15) is 0 Å². The third kappa shape index (κ3) is 4.35. The predicted octanol–water partition coefficient (Wildman–Crippen LogP) is 0.668. The fourth-order valence-electron chi connectivity index (χ4n) is 0.830. The number of aliphatic hydroxyl groups excluding tert-OH is 1. The maximum Gasteiger partial charge on any atom is 0.0563 e. The molecule has 1 atom stereocenters. The standard InChI is InChI=1S/C8H18O3/c1-4-11-7-8(2,5-9)6-10-3/h9H,4-7H2,1-3H3. The number of hydrogen-bond acceptors (Lipinski definition) is 3. The van der Waals surface area contributed by atoms with E-state index in [1.165, 1.54) is 0 Å². The fourth-order valence-corrected chi connectivity index (χ4v) is 0.830. The molecule has 0 amide bonds. The summed E-state index contributed by atoms with van der Waals surface area (Å²) in [5.74, 6) is 0. The van der Waals surface area contributed by atoms with Gasteiger partial charge < -0.3 is 14.6 Å². The third-order valence-corrected chi connectivity index (χ3v) is 1.53. The van der Waals surface area contributed by atoms with Crippen LogP contribution in [0.25, 0.3) is 0 Å². The zero-order chi connectivity index (χ0) is 8.74. The van der Waals surface area contributed by atoms with Crippen LogP contribution in [-0.4, -0.2) is 38.6 Å². The highest BCUT2D eigenvalue weighted by molar-refractivity contribution is 4.71. The molecular weight excluding hydrogens is 144 g/mol. The van der Waals surface area contributed by atoms with Gasteiger partial charge in [-0.25, -0.2) is 0 Å². The zero-order valence-corrected chi connectivity index (χ0v) is 7.59. The van der Waals surface area contributed by atoms with Gasteiger partial charge in [0.1, 0.15) is 0 Å². The molecule has 0 saturated carbocycles. The Labute approximate surface area is 68.3 Å². The molecule has 11 heavy (non-hydrogen) atoms. The maximum absolute atomic E-state index is 8.98. The molecule has 0 aliphatic rings. The van der Waals surface area contributed by atoms with Crippen molar-refractivity contribution in [1.82, 2.24) is 0 Å². The van der Waals surface area contributed by atoms with Crippen LogP contribution in [0.5, 0.6) is 0 Å². The summed E-state index contributed by atoms with van der Waals surface area (Å²) < 4.78 is 10.2. The van der Waals surface area contributed by atoms with Crippen molar-refractivity contribution >= 4 is 0 Å². The van der Waals surface area contributed by atoms with Crippen molar-refractivity contribution in [3.05, 3.63) is 0 Å². The average molecular weight is 162 g/mol. The van der Waals surface area contributed by atoms with Gasteiger partial charge in [0.15, 0.2) is 0 Å². The van der Waals surface area contributed by atoms with Gasteiger partial charge in [-0.3, -0.25) is 0 Å². The molecule has 0 aromatic carbocycles.